The van der Waals surface area contributed by atoms with Crippen LogP contribution in [-0.2, 0) is 10.2 Å². The number of rotatable bonds is 4. The summed E-state index contributed by atoms with van der Waals surface area (Å²) >= 11 is 0. The van der Waals surface area contributed by atoms with Gasteiger partial charge < -0.3 is 5.11 Å². The van der Waals surface area contributed by atoms with E-state index >= 15 is 0 Å². The van der Waals surface area contributed by atoms with Gasteiger partial charge in [0.15, 0.2) is 0 Å². The first-order valence-electron chi connectivity index (χ1n) is 6.50. The lowest BCUT2D eigenvalue weighted by molar-refractivity contribution is 0.0697. The van der Waals surface area contributed by atoms with Gasteiger partial charge in [-0.05, 0) is 37.0 Å². The number of aromatic carboxylic acids is 1. The van der Waals surface area contributed by atoms with E-state index in [1.54, 1.807) is 0 Å². The topological polar surface area (TPSA) is 86.7 Å². The van der Waals surface area contributed by atoms with Crippen molar-refractivity contribution in [1.82, 2.24) is 4.31 Å². The summed E-state index contributed by atoms with van der Waals surface area (Å²) in [6.07, 6.45) is 1.87. The minimum Gasteiger partial charge on any atom is -0.478 e. The van der Waals surface area contributed by atoms with E-state index in [4.69, 9.17) is 5.11 Å². The van der Waals surface area contributed by atoms with Gasteiger partial charge in [0.05, 0.1) is 11.3 Å². The maximum absolute atomic E-state index is 12.2. The first-order valence-corrected chi connectivity index (χ1v) is 7.94. The fraction of sp³-hybridized carbons (Fsp3) is 0.462. The summed E-state index contributed by atoms with van der Waals surface area (Å²) in [6, 6.07) is 5.79. The molecule has 1 aromatic rings. The highest BCUT2D eigenvalue weighted by Crippen LogP contribution is 2.20. The molecule has 0 aliphatic carbocycles. The zero-order chi connectivity index (χ0) is 14.8. The molecular formula is C13H18N2O4S. The van der Waals surface area contributed by atoms with Crippen LogP contribution in [0.4, 0.5) is 5.69 Å². The molecule has 1 atom stereocenters. The molecule has 7 heteroatoms. The molecule has 1 fully saturated rings. The van der Waals surface area contributed by atoms with Crippen LogP contribution in [0.1, 0.15) is 30.1 Å². The Morgan fingerprint density at radius 3 is 2.85 bits per heavy atom. The lowest BCUT2D eigenvalue weighted by Crippen LogP contribution is -2.42. The van der Waals surface area contributed by atoms with Crippen LogP contribution in [0, 0.1) is 5.92 Å². The molecule has 1 unspecified atom stereocenters. The van der Waals surface area contributed by atoms with Gasteiger partial charge in [-0.3, -0.25) is 4.72 Å². The highest BCUT2D eigenvalue weighted by molar-refractivity contribution is 7.90. The van der Waals surface area contributed by atoms with Crippen molar-refractivity contribution in [1.29, 1.82) is 0 Å². The zero-order valence-electron chi connectivity index (χ0n) is 11.2. The summed E-state index contributed by atoms with van der Waals surface area (Å²) < 4.78 is 28.3. The second-order valence-electron chi connectivity index (χ2n) is 5.10. The lowest BCUT2D eigenvalue weighted by atomic mass is 10.0. The van der Waals surface area contributed by atoms with Gasteiger partial charge in [-0.25, -0.2) is 4.79 Å². The van der Waals surface area contributed by atoms with Gasteiger partial charge in [0.25, 0.3) is 0 Å². The molecule has 110 valence electrons. The van der Waals surface area contributed by atoms with Crippen LogP contribution in [0.15, 0.2) is 24.3 Å². The van der Waals surface area contributed by atoms with Crippen molar-refractivity contribution in [3.05, 3.63) is 29.8 Å². The van der Waals surface area contributed by atoms with E-state index in [0.717, 1.165) is 12.8 Å². The summed E-state index contributed by atoms with van der Waals surface area (Å²) in [5, 5.41) is 8.90. The SMILES string of the molecule is CC1CCCN(S(=O)(=O)Nc2cccc(C(=O)O)c2)C1. The summed E-state index contributed by atoms with van der Waals surface area (Å²) in [4.78, 5) is 10.9. The molecule has 0 spiro atoms. The molecule has 1 aliphatic rings. The largest absolute Gasteiger partial charge is 0.478 e. The van der Waals surface area contributed by atoms with E-state index in [1.807, 2.05) is 6.92 Å². The van der Waals surface area contributed by atoms with Gasteiger partial charge in [0.1, 0.15) is 0 Å². The van der Waals surface area contributed by atoms with E-state index in [1.165, 1.54) is 28.6 Å². The first kappa shape index (κ1) is 14.8. The number of nitrogens with one attached hydrogen (secondary N) is 1. The Bertz CT molecular complexity index is 600. The standard InChI is InChI=1S/C13H18N2O4S/c1-10-4-3-7-15(9-10)20(18,19)14-12-6-2-5-11(8-12)13(16)17/h2,5-6,8,10,14H,3-4,7,9H2,1H3,(H,16,17). The van der Waals surface area contributed by atoms with Gasteiger partial charge in [-0.15, -0.1) is 0 Å². The second-order valence-corrected chi connectivity index (χ2v) is 6.77. The molecule has 1 aliphatic heterocycles. The average molecular weight is 298 g/mol. The van der Waals surface area contributed by atoms with Crippen LogP contribution in [0.5, 0.6) is 0 Å². The van der Waals surface area contributed by atoms with Gasteiger partial charge in [0, 0.05) is 13.1 Å². The van der Waals surface area contributed by atoms with E-state index in [2.05, 4.69) is 4.72 Å². The molecular weight excluding hydrogens is 280 g/mol. The number of hydrogen-bond acceptors (Lipinski definition) is 3. The summed E-state index contributed by atoms with van der Waals surface area (Å²) in [6.45, 7) is 3.01. The molecule has 6 nitrogen and oxygen atoms in total. The number of carboxylic acids is 1. The number of nitrogens with zero attached hydrogens (tertiary/aromatic N) is 1. The van der Waals surface area contributed by atoms with Gasteiger partial charge in [-0.1, -0.05) is 13.0 Å². The number of piperidine rings is 1. The lowest BCUT2D eigenvalue weighted by Gasteiger charge is -2.30. The molecule has 2 rings (SSSR count). The molecule has 0 amide bonds. The van der Waals surface area contributed by atoms with E-state index < -0.39 is 16.2 Å². The predicted octanol–water partition coefficient (Wildman–Crippen LogP) is 1.77. The Kier molecular flexibility index (Phi) is 4.29. The Hall–Kier alpha value is -1.60. The fourth-order valence-corrected chi connectivity index (χ4v) is 3.67. The van der Waals surface area contributed by atoms with Crippen LogP contribution >= 0.6 is 0 Å². The Morgan fingerprint density at radius 1 is 1.45 bits per heavy atom. The Balaban J connectivity index is 2.15. The van der Waals surface area contributed by atoms with E-state index in [-0.39, 0.29) is 11.3 Å². The van der Waals surface area contributed by atoms with Crippen molar-refractivity contribution >= 4 is 21.9 Å². The van der Waals surface area contributed by atoms with Crippen molar-refractivity contribution < 1.29 is 18.3 Å². The second kappa shape index (κ2) is 5.80. The fourth-order valence-electron chi connectivity index (χ4n) is 2.29. The molecule has 0 aromatic heterocycles. The third-order valence-corrected chi connectivity index (χ3v) is 4.82. The van der Waals surface area contributed by atoms with Crippen LogP contribution in [0.3, 0.4) is 0 Å². The molecule has 0 bridgehead atoms. The van der Waals surface area contributed by atoms with Gasteiger partial charge >= 0.3 is 16.2 Å². The van der Waals surface area contributed by atoms with Crippen molar-refractivity contribution in [3.63, 3.8) is 0 Å². The normalized spacial score (nSPS) is 20.6. The zero-order valence-corrected chi connectivity index (χ0v) is 12.1. The van der Waals surface area contributed by atoms with Crippen LogP contribution < -0.4 is 4.72 Å². The van der Waals surface area contributed by atoms with E-state index in [0.29, 0.717) is 19.0 Å². The van der Waals surface area contributed by atoms with Crippen molar-refractivity contribution in [2.75, 3.05) is 17.8 Å². The summed E-state index contributed by atoms with van der Waals surface area (Å²) in [5.41, 5.74) is 0.320. The first-order chi connectivity index (χ1) is 9.38. The molecule has 1 aromatic carbocycles. The van der Waals surface area contributed by atoms with Crippen molar-refractivity contribution in [3.8, 4) is 0 Å². The molecule has 1 saturated heterocycles. The maximum atomic E-state index is 12.2. The van der Waals surface area contributed by atoms with Crippen LogP contribution in [0.2, 0.25) is 0 Å². The molecule has 2 N–H and O–H groups in total. The van der Waals surface area contributed by atoms with Crippen LogP contribution in [0.25, 0.3) is 0 Å². The number of hydrogen-bond donors (Lipinski definition) is 2. The molecule has 0 saturated carbocycles. The quantitative estimate of drug-likeness (QED) is 0.887. The highest BCUT2D eigenvalue weighted by Gasteiger charge is 2.27. The minimum absolute atomic E-state index is 0.0530. The third-order valence-electron chi connectivity index (χ3n) is 3.32. The van der Waals surface area contributed by atoms with Crippen molar-refractivity contribution in [2.45, 2.75) is 19.8 Å². The molecule has 20 heavy (non-hydrogen) atoms. The average Bonchev–Trinajstić information content (AvgIpc) is 2.38. The number of carboxylic acid groups (broad SMARTS) is 1. The minimum atomic E-state index is -3.62. The van der Waals surface area contributed by atoms with Crippen molar-refractivity contribution in [2.24, 2.45) is 5.92 Å². The molecule has 1 heterocycles. The molecule has 0 radical (unpaired) electrons. The maximum Gasteiger partial charge on any atom is 0.335 e. The summed E-state index contributed by atoms with van der Waals surface area (Å²) in [5.74, 6) is -0.747. The van der Waals surface area contributed by atoms with Crippen LogP contribution in [-0.4, -0.2) is 36.9 Å². The highest BCUT2D eigenvalue weighted by atomic mass is 32.2. The Labute approximate surface area is 118 Å². The van der Waals surface area contributed by atoms with Gasteiger partial charge in [0.2, 0.25) is 0 Å². The monoisotopic (exact) mass is 298 g/mol. The third kappa shape index (κ3) is 3.49. The van der Waals surface area contributed by atoms with Gasteiger partial charge in [-0.2, -0.15) is 12.7 Å². The number of carbonyl (C=O) groups is 1. The summed E-state index contributed by atoms with van der Waals surface area (Å²) in [7, 11) is -3.62. The predicted molar refractivity (Wildman–Crippen MR) is 75.9 cm³/mol. The smallest absolute Gasteiger partial charge is 0.335 e. The number of anilines is 1. The number of benzene rings is 1. The van der Waals surface area contributed by atoms with E-state index in [9.17, 15) is 13.2 Å². The Morgan fingerprint density at radius 2 is 2.20 bits per heavy atom.